The van der Waals surface area contributed by atoms with Gasteiger partial charge in [-0.25, -0.2) is 0 Å². The molecule has 21 heavy (non-hydrogen) atoms. The molecule has 0 radical (unpaired) electrons. The fraction of sp³-hybridized carbons (Fsp3) is 0.188. The van der Waals surface area contributed by atoms with Gasteiger partial charge >= 0.3 is 5.97 Å². The largest absolute Gasteiger partial charge is 0.493 e. The predicted molar refractivity (Wildman–Crippen MR) is 83.0 cm³/mol. The SMILES string of the molecule is COc1ccc(CC(=O)Oc2ccc(Br)cc2)cc1OC. The van der Waals surface area contributed by atoms with E-state index in [4.69, 9.17) is 14.2 Å². The molecular weight excluding hydrogens is 336 g/mol. The molecule has 110 valence electrons. The number of hydrogen-bond acceptors (Lipinski definition) is 4. The minimum atomic E-state index is -0.329. The van der Waals surface area contributed by atoms with Crippen LogP contribution in [0.15, 0.2) is 46.9 Å². The Morgan fingerprint density at radius 3 is 2.29 bits per heavy atom. The summed E-state index contributed by atoms with van der Waals surface area (Å²) >= 11 is 3.33. The van der Waals surface area contributed by atoms with Crippen molar-refractivity contribution < 1.29 is 19.0 Å². The van der Waals surface area contributed by atoms with Gasteiger partial charge in [0.25, 0.3) is 0 Å². The second-order valence-corrected chi connectivity index (χ2v) is 5.21. The molecule has 0 saturated carbocycles. The van der Waals surface area contributed by atoms with Gasteiger partial charge < -0.3 is 14.2 Å². The number of carbonyl (C=O) groups excluding carboxylic acids is 1. The summed E-state index contributed by atoms with van der Waals surface area (Å²) in [7, 11) is 3.13. The number of ether oxygens (including phenoxy) is 3. The van der Waals surface area contributed by atoms with Crippen molar-refractivity contribution in [2.75, 3.05) is 14.2 Å². The highest BCUT2D eigenvalue weighted by atomic mass is 79.9. The molecule has 0 fully saturated rings. The van der Waals surface area contributed by atoms with Crippen molar-refractivity contribution in [2.24, 2.45) is 0 Å². The van der Waals surface area contributed by atoms with Crippen LogP contribution < -0.4 is 14.2 Å². The number of rotatable bonds is 5. The van der Waals surface area contributed by atoms with Gasteiger partial charge in [0.15, 0.2) is 11.5 Å². The third-order valence-electron chi connectivity index (χ3n) is 2.84. The first-order valence-electron chi connectivity index (χ1n) is 6.29. The first kappa shape index (κ1) is 15.4. The van der Waals surface area contributed by atoms with Crippen LogP contribution in [-0.2, 0) is 11.2 Å². The summed E-state index contributed by atoms with van der Waals surface area (Å²) in [6.07, 6.45) is 0.163. The van der Waals surface area contributed by atoms with E-state index in [-0.39, 0.29) is 12.4 Å². The molecule has 5 heteroatoms. The van der Waals surface area contributed by atoms with Crippen molar-refractivity contribution in [1.29, 1.82) is 0 Å². The number of esters is 1. The van der Waals surface area contributed by atoms with Crippen LogP contribution in [0.25, 0.3) is 0 Å². The Kier molecular flexibility index (Phi) is 5.22. The molecule has 0 atom stereocenters. The standard InChI is InChI=1S/C16H15BrO4/c1-19-14-8-3-11(9-15(14)20-2)10-16(18)21-13-6-4-12(17)5-7-13/h3-9H,10H2,1-2H3. The lowest BCUT2D eigenvalue weighted by atomic mass is 10.1. The molecule has 0 spiro atoms. The van der Waals surface area contributed by atoms with Crippen molar-refractivity contribution in [1.82, 2.24) is 0 Å². The van der Waals surface area contributed by atoms with Crippen molar-refractivity contribution in [3.8, 4) is 17.2 Å². The van der Waals surface area contributed by atoms with Crippen LogP contribution in [-0.4, -0.2) is 20.2 Å². The Morgan fingerprint density at radius 2 is 1.67 bits per heavy atom. The van der Waals surface area contributed by atoms with Gasteiger partial charge in [0.1, 0.15) is 5.75 Å². The number of halogens is 1. The first-order chi connectivity index (χ1) is 10.1. The van der Waals surface area contributed by atoms with Crippen LogP contribution in [0.2, 0.25) is 0 Å². The normalized spacial score (nSPS) is 10.0. The number of hydrogen-bond donors (Lipinski definition) is 0. The molecule has 4 nitrogen and oxygen atoms in total. The third-order valence-corrected chi connectivity index (χ3v) is 3.37. The molecule has 0 heterocycles. The zero-order valence-electron chi connectivity index (χ0n) is 11.8. The first-order valence-corrected chi connectivity index (χ1v) is 7.09. The van der Waals surface area contributed by atoms with Gasteiger partial charge in [-0.15, -0.1) is 0 Å². The number of methoxy groups -OCH3 is 2. The molecule has 0 saturated heterocycles. The zero-order chi connectivity index (χ0) is 15.2. The highest BCUT2D eigenvalue weighted by Crippen LogP contribution is 2.27. The van der Waals surface area contributed by atoms with E-state index < -0.39 is 0 Å². The lowest BCUT2D eigenvalue weighted by Crippen LogP contribution is -2.11. The summed E-state index contributed by atoms with van der Waals surface area (Å²) in [4.78, 5) is 11.9. The van der Waals surface area contributed by atoms with E-state index in [1.54, 1.807) is 38.5 Å². The van der Waals surface area contributed by atoms with Gasteiger partial charge in [-0.1, -0.05) is 22.0 Å². The maximum absolute atomic E-state index is 11.9. The molecule has 0 N–H and O–H groups in total. The van der Waals surface area contributed by atoms with Crippen molar-refractivity contribution >= 4 is 21.9 Å². The molecular formula is C16H15BrO4. The van der Waals surface area contributed by atoms with Gasteiger partial charge in [0.05, 0.1) is 20.6 Å². The van der Waals surface area contributed by atoms with Crippen LogP contribution in [0.1, 0.15) is 5.56 Å². The van der Waals surface area contributed by atoms with Crippen LogP contribution in [0, 0.1) is 0 Å². The van der Waals surface area contributed by atoms with Crippen LogP contribution in [0.4, 0.5) is 0 Å². The van der Waals surface area contributed by atoms with Gasteiger partial charge in [-0.05, 0) is 42.0 Å². The average molecular weight is 351 g/mol. The molecule has 0 unspecified atom stereocenters. The topological polar surface area (TPSA) is 44.8 Å². The second-order valence-electron chi connectivity index (χ2n) is 4.29. The van der Waals surface area contributed by atoms with Crippen LogP contribution in [0.3, 0.4) is 0 Å². The Balaban J connectivity index is 2.04. The summed E-state index contributed by atoms with van der Waals surface area (Å²) in [6, 6.07) is 12.4. The summed E-state index contributed by atoms with van der Waals surface area (Å²) in [5, 5.41) is 0. The fourth-order valence-electron chi connectivity index (χ4n) is 1.83. The van der Waals surface area contributed by atoms with Crippen molar-refractivity contribution in [2.45, 2.75) is 6.42 Å². The summed E-state index contributed by atoms with van der Waals surface area (Å²) < 4.78 is 16.6. The molecule has 0 bridgehead atoms. The van der Waals surface area contributed by atoms with E-state index >= 15 is 0 Å². The third kappa shape index (κ3) is 4.23. The fourth-order valence-corrected chi connectivity index (χ4v) is 2.09. The molecule has 0 amide bonds. The van der Waals surface area contributed by atoms with Crippen LogP contribution >= 0.6 is 15.9 Å². The smallest absolute Gasteiger partial charge is 0.315 e. The lowest BCUT2D eigenvalue weighted by Gasteiger charge is -2.09. The van der Waals surface area contributed by atoms with E-state index in [9.17, 15) is 4.79 Å². The summed E-state index contributed by atoms with van der Waals surface area (Å²) in [5.41, 5.74) is 0.801. The molecule has 0 aliphatic rings. The van der Waals surface area contributed by atoms with Crippen molar-refractivity contribution in [3.63, 3.8) is 0 Å². The van der Waals surface area contributed by atoms with E-state index in [1.165, 1.54) is 0 Å². The van der Waals surface area contributed by atoms with Gasteiger partial charge in [-0.2, -0.15) is 0 Å². The quantitative estimate of drug-likeness (QED) is 0.610. The monoisotopic (exact) mass is 350 g/mol. The van der Waals surface area contributed by atoms with Gasteiger partial charge in [0, 0.05) is 4.47 Å². The molecule has 0 aliphatic heterocycles. The van der Waals surface area contributed by atoms with Crippen LogP contribution in [0.5, 0.6) is 17.2 Å². The Hall–Kier alpha value is -2.01. The summed E-state index contributed by atoms with van der Waals surface area (Å²) in [6.45, 7) is 0. The lowest BCUT2D eigenvalue weighted by molar-refractivity contribution is -0.133. The number of carbonyl (C=O) groups is 1. The molecule has 2 aromatic rings. The Morgan fingerprint density at radius 1 is 1.00 bits per heavy atom. The Bertz CT molecular complexity index is 623. The summed E-state index contributed by atoms with van der Waals surface area (Å²) in [5.74, 6) is 1.40. The van der Waals surface area contributed by atoms with E-state index in [1.807, 2.05) is 18.2 Å². The van der Waals surface area contributed by atoms with E-state index in [2.05, 4.69) is 15.9 Å². The highest BCUT2D eigenvalue weighted by Gasteiger charge is 2.10. The van der Waals surface area contributed by atoms with E-state index in [0.29, 0.717) is 17.2 Å². The number of benzene rings is 2. The molecule has 0 aliphatic carbocycles. The van der Waals surface area contributed by atoms with Gasteiger partial charge in [-0.3, -0.25) is 4.79 Å². The second kappa shape index (κ2) is 7.13. The minimum absolute atomic E-state index is 0.163. The maximum atomic E-state index is 11.9. The maximum Gasteiger partial charge on any atom is 0.315 e. The zero-order valence-corrected chi connectivity index (χ0v) is 13.3. The van der Waals surface area contributed by atoms with Gasteiger partial charge in [0.2, 0.25) is 0 Å². The average Bonchev–Trinajstić information content (AvgIpc) is 2.49. The molecule has 2 rings (SSSR count). The molecule has 0 aromatic heterocycles. The Labute approximate surface area is 131 Å². The highest BCUT2D eigenvalue weighted by molar-refractivity contribution is 9.10. The van der Waals surface area contributed by atoms with E-state index in [0.717, 1.165) is 10.0 Å². The molecule has 2 aromatic carbocycles. The minimum Gasteiger partial charge on any atom is -0.493 e. The van der Waals surface area contributed by atoms with Crippen molar-refractivity contribution in [3.05, 3.63) is 52.5 Å². The predicted octanol–water partition coefficient (Wildman–Crippen LogP) is 3.61.